The van der Waals surface area contributed by atoms with Crippen LogP contribution in [0.1, 0.15) is 17.9 Å². The lowest BCUT2D eigenvalue weighted by molar-refractivity contribution is -0.483. The molecule has 0 saturated heterocycles. The second kappa shape index (κ2) is 9.27. The van der Waals surface area contributed by atoms with Crippen LogP contribution < -0.4 is 0 Å². The molecule has 1 aromatic carbocycles. The molecule has 0 aliphatic heterocycles. The van der Waals surface area contributed by atoms with Gasteiger partial charge in [0.15, 0.2) is 5.78 Å². The Morgan fingerprint density at radius 1 is 1.33 bits per heavy atom. The van der Waals surface area contributed by atoms with Crippen molar-refractivity contribution in [1.29, 1.82) is 0 Å². The van der Waals surface area contributed by atoms with Gasteiger partial charge in [-0.05, 0) is 30.2 Å². The summed E-state index contributed by atoms with van der Waals surface area (Å²) in [7, 11) is 0. The Hall–Kier alpha value is -0.790. The summed E-state index contributed by atoms with van der Waals surface area (Å²) in [5, 5.41) is 10.8. The molecule has 0 spiro atoms. The number of carbonyl (C=O) groups excluding carboxylic acids is 1. The molecule has 0 N–H and O–H groups in total. The third kappa shape index (κ3) is 6.67. The predicted octanol–water partition coefficient (Wildman–Crippen LogP) is 4.34. The van der Waals surface area contributed by atoms with Crippen LogP contribution in [0, 0.1) is 10.1 Å². The van der Waals surface area contributed by atoms with E-state index in [0.29, 0.717) is 0 Å². The summed E-state index contributed by atoms with van der Waals surface area (Å²) in [6.07, 6.45) is 5.52. The number of carbonyl (C=O) groups is 1. The predicted molar refractivity (Wildman–Crippen MR) is 93.5 cm³/mol. The van der Waals surface area contributed by atoms with Crippen molar-refractivity contribution in [3.63, 3.8) is 0 Å². The Balaban J connectivity index is 2.88. The van der Waals surface area contributed by atoms with Crippen LogP contribution in [0.2, 0.25) is 0 Å². The van der Waals surface area contributed by atoms with E-state index in [0.717, 1.165) is 14.3 Å². The fourth-order valence-corrected chi connectivity index (χ4v) is 3.27. The molecule has 0 aliphatic rings. The van der Waals surface area contributed by atoms with Crippen LogP contribution in [0.3, 0.4) is 0 Å². The van der Waals surface area contributed by atoms with Gasteiger partial charge in [0.1, 0.15) is 0 Å². The highest BCUT2D eigenvalue weighted by atomic mass is 79.9. The molecule has 7 heteroatoms. The van der Waals surface area contributed by atoms with Gasteiger partial charge in [-0.1, -0.05) is 28.1 Å². The Labute approximate surface area is 141 Å². The van der Waals surface area contributed by atoms with Crippen molar-refractivity contribution in [2.45, 2.75) is 12.3 Å². The second-order valence-corrected chi connectivity index (χ2v) is 7.18. The molecule has 114 valence electrons. The molecule has 21 heavy (non-hydrogen) atoms. The molecule has 1 rings (SSSR count). The maximum atomic E-state index is 12.1. The average molecular weight is 390 g/mol. The van der Waals surface area contributed by atoms with Crippen LogP contribution in [-0.4, -0.2) is 29.8 Å². The van der Waals surface area contributed by atoms with E-state index in [9.17, 15) is 14.9 Å². The maximum Gasteiger partial charge on any atom is 0.211 e. The van der Waals surface area contributed by atoms with E-state index in [2.05, 4.69) is 15.9 Å². The van der Waals surface area contributed by atoms with Gasteiger partial charge in [-0.3, -0.25) is 14.9 Å². The molecule has 1 atom stereocenters. The summed E-state index contributed by atoms with van der Waals surface area (Å²) in [5.41, 5.74) is 0.812. The van der Waals surface area contributed by atoms with Crippen LogP contribution in [0.5, 0.6) is 0 Å². The van der Waals surface area contributed by atoms with Crippen LogP contribution in [0.4, 0.5) is 0 Å². The first-order valence-electron chi connectivity index (χ1n) is 6.16. The van der Waals surface area contributed by atoms with Crippen molar-refractivity contribution in [3.8, 4) is 0 Å². The quantitative estimate of drug-likeness (QED) is 0.376. The highest BCUT2D eigenvalue weighted by Gasteiger charge is 2.20. The average Bonchev–Trinajstić information content (AvgIpc) is 2.44. The van der Waals surface area contributed by atoms with Gasteiger partial charge >= 0.3 is 0 Å². The van der Waals surface area contributed by atoms with Crippen molar-refractivity contribution < 1.29 is 9.72 Å². The maximum absolute atomic E-state index is 12.1. The Morgan fingerprint density at radius 2 is 1.90 bits per heavy atom. The largest absolute Gasteiger partial charge is 0.295 e. The number of allylic oxidation sites excluding steroid dienone is 1. The lowest BCUT2D eigenvalue weighted by Crippen LogP contribution is -2.15. The molecule has 0 aromatic heterocycles. The standard InChI is InChI=1S/C14H16BrNO3S2/c1-20-14(21-2)8-13(17)7-11(9-16(18)19)10-3-5-12(15)6-4-10/h3-6,8,11H,7,9H2,1-2H3. The Bertz CT molecular complexity index is 526. The summed E-state index contributed by atoms with van der Waals surface area (Å²) in [6.45, 7) is -0.241. The topological polar surface area (TPSA) is 60.2 Å². The first-order valence-corrected chi connectivity index (χ1v) is 9.40. The summed E-state index contributed by atoms with van der Waals surface area (Å²) >= 11 is 6.33. The van der Waals surface area contributed by atoms with E-state index in [-0.39, 0.29) is 23.7 Å². The molecule has 4 nitrogen and oxygen atoms in total. The van der Waals surface area contributed by atoms with Gasteiger partial charge in [-0.25, -0.2) is 0 Å². The van der Waals surface area contributed by atoms with Crippen molar-refractivity contribution in [2.24, 2.45) is 0 Å². The minimum atomic E-state index is -0.401. The van der Waals surface area contributed by atoms with Gasteiger partial charge in [-0.15, -0.1) is 23.5 Å². The molecule has 1 aromatic rings. The van der Waals surface area contributed by atoms with Gasteiger partial charge in [-0.2, -0.15) is 0 Å². The molecular formula is C14H16BrNO3S2. The van der Waals surface area contributed by atoms with Crippen molar-refractivity contribution >= 4 is 45.2 Å². The number of nitrogens with zero attached hydrogens (tertiary/aromatic N) is 1. The number of hydrogen-bond donors (Lipinski definition) is 0. The van der Waals surface area contributed by atoms with Crippen LogP contribution in [-0.2, 0) is 4.79 Å². The third-order valence-corrected chi connectivity index (χ3v) is 5.41. The smallest absolute Gasteiger partial charge is 0.211 e. The highest BCUT2D eigenvalue weighted by molar-refractivity contribution is 9.10. The second-order valence-electron chi connectivity index (χ2n) is 4.31. The molecular weight excluding hydrogens is 374 g/mol. The minimum Gasteiger partial charge on any atom is -0.295 e. The van der Waals surface area contributed by atoms with Crippen LogP contribution in [0.15, 0.2) is 39.1 Å². The minimum absolute atomic E-state index is 0.0801. The molecule has 0 heterocycles. The van der Waals surface area contributed by atoms with E-state index >= 15 is 0 Å². The van der Waals surface area contributed by atoms with Gasteiger partial charge in [0.25, 0.3) is 0 Å². The number of nitro groups is 1. The van der Waals surface area contributed by atoms with Crippen molar-refractivity contribution in [2.75, 3.05) is 19.1 Å². The SMILES string of the molecule is CSC(=CC(=O)CC(C[N+](=O)[O-])c1ccc(Br)cc1)SC. The lowest BCUT2D eigenvalue weighted by Gasteiger charge is -2.12. The number of thioether (sulfide) groups is 2. The normalized spacial score (nSPS) is 11.8. The zero-order chi connectivity index (χ0) is 15.8. The fourth-order valence-electron chi connectivity index (χ4n) is 1.84. The number of ketones is 1. The van der Waals surface area contributed by atoms with E-state index < -0.39 is 5.92 Å². The molecule has 0 aliphatic carbocycles. The summed E-state index contributed by atoms with van der Waals surface area (Å²) in [6, 6.07) is 7.30. The van der Waals surface area contributed by atoms with Crippen LogP contribution in [0.25, 0.3) is 0 Å². The fraction of sp³-hybridized carbons (Fsp3) is 0.357. The Kier molecular flexibility index (Phi) is 8.06. The van der Waals surface area contributed by atoms with Crippen molar-refractivity contribution in [1.82, 2.24) is 0 Å². The van der Waals surface area contributed by atoms with E-state index in [1.807, 2.05) is 36.8 Å². The molecule has 0 saturated carbocycles. The zero-order valence-electron chi connectivity index (χ0n) is 11.7. The summed E-state index contributed by atoms with van der Waals surface area (Å²) in [4.78, 5) is 22.5. The van der Waals surface area contributed by atoms with Gasteiger partial charge in [0.05, 0.1) is 5.92 Å². The number of hydrogen-bond acceptors (Lipinski definition) is 5. The van der Waals surface area contributed by atoms with E-state index in [1.54, 1.807) is 6.08 Å². The molecule has 0 amide bonds. The van der Waals surface area contributed by atoms with Crippen molar-refractivity contribution in [3.05, 3.63) is 54.7 Å². The monoisotopic (exact) mass is 389 g/mol. The lowest BCUT2D eigenvalue weighted by atomic mass is 9.94. The number of halogens is 1. The zero-order valence-corrected chi connectivity index (χ0v) is 15.0. The van der Waals surface area contributed by atoms with Crippen LogP contribution >= 0.6 is 39.5 Å². The number of benzene rings is 1. The molecule has 0 radical (unpaired) electrons. The molecule has 0 fully saturated rings. The van der Waals surface area contributed by atoms with E-state index in [1.165, 1.54) is 23.5 Å². The third-order valence-electron chi connectivity index (χ3n) is 2.84. The van der Waals surface area contributed by atoms with Gasteiger partial charge in [0.2, 0.25) is 6.54 Å². The highest BCUT2D eigenvalue weighted by Crippen LogP contribution is 2.26. The number of rotatable bonds is 8. The Morgan fingerprint density at radius 3 is 2.38 bits per heavy atom. The summed E-state index contributed by atoms with van der Waals surface area (Å²) < 4.78 is 1.82. The molecule has 0 bridgehead atoms. The first kappa shape index (κ1) is 18.3. The summed E-state index contributed by atoms with van der Waals surface area (Å²) in [5.74, 6) is -0.481. The van der Waals surface area contributed by atoms with Gasteiger partial charge < -0.3 is 0 Å². The molecule has 1 unspecified atom stereocenters. The van der Waals surface area contributed by atoms with E-state index in [4.69, 9.17) is 0 Å². The first-order chi connectivity index (χ1) is 9.96. The van der Waals surface area contributed by atoms with Gasteiger partial charge in [0, 0.05) is 26.1 Å².